The van der Waals surface area contributed by atoms with Crippen molar-refractivity contribution in [2.24, 2.45) is 5.92 Å². The van der Waals surface area contributed by atoms with Gasteiger partial charge in [-0.3, -0.25) is 4.90 Å². The van der Waals surface area contributed by atoms with Gasteiger partial charge in [0.2, 0.25) is 0 Å². The van der Waals surface area contributed by atoms with E-state index in [-0.39, 0.29) is 6.54 Å². The van der Waals surface area contributed by atoms with Gasteiger partial charge in [-0.05, 0) is 25.8 Å². The van der Waals surface area contributed by atoms with Crippen molar-refractivity contribution in [1.29, 1.82) is 0 Å². The SMILES string of the molecule is CC1C(CBr)CCN1CC(F)F. The molecule has 1 aliphatic heterocycles. The fraction of sp³-hybridized carbons (Fsp3) is 1.00. The first-order valence-electron chi connectivity index (χ1n) is 4.23. The van der Waals surface area contributed by atoms with Gasteiger partial charge in [0.25, 0.3) is 6.43 Å². The van der Waals surface area contributed by atoms with Crippen LogP contribution in [0.5, 0.6) is 0 Å². The molecule has 12 heavy (non-hydrogen) atoms. The van der Waals surface area contributed by atoms with Crippen molar-refractivity contribution in [2.75, 3.05) is 18.4 Å². The summed E-state index contributed by atoms with van der Waals surface area (Å²) in [4.78, 5) is 1.87. The van der Waals surface area contributed by atoms with Crippen molar-refractivity contribution < 1.29 is 8.78 Å². The molecule has 1 heterocycles. The van der Waals surface area contributed by atoms with Gasteiger partial charge < -0.3 is 0 Å². The number of hydrogen-bond acceptors (Lipinski definition) is 1. The minimum Gasteiger partial charge on any atom is -0.295 e. The molecule has 0 aromatic heterocycles. The Bertz CT molecular complexity index is 143. The number of hydrogen-bond donors (Lipinski definition) is 0. The third kappa shape index (κ3) is 2.39. The Morgan fingerprint density at radius 2 is 2.25 bits per heavy atom. The third-order valence-electron chi connectivity index (χ3n) is 2.62. The Morgan fingerprint density at radius 1 is 1.58 bits per heavy atom. The topological polar surface area (TPSA) is 3.24 Å². The molecule has 4 heteroatoms. The van der Waals surface area contributed by atoms with Crippen LogP contribution >= 0.6 is 15.9 Å². The lowest BCUT2D eigenvalue weighted by Gasteiger charge is -2.22. The van der Waals surface area contributed by atoms with Gasteiger partial charge in [-0.1, -0.05) is 15.9 Å². The molecule has 2 unspecified atom stereocenters. The summed E-state index contributed by atoms with van der Waals surface area (Å²) in [7, 11) is 0. The molecule has 0 aliphatic carbocycles. The van der Waals surface area contributed by atoms with Crippen LogP contribution in [0.25, 0.3) is 0 Å². The molecule has 1 nitrogen and oxygen atoms in total. The van der Waals surface area contributed by atoms with Crippen LogP contribution in [0.1, 0.15) is 13.3 Å². The van der Waals surface area contributed by atoms with E-state index >= 15 is 0 Å². The van der Waals surface area contributed by atoms with Gasteiger partial charge in [0.15, 0.2) is 0 Å². The lowest BCUT2D eigenvalue weighted by atomic mass is 10.1. The Kier molecular flexibility index (Phi) is 3.90. The highest BCUT2D eigenvalue weighted by molar-refractivity contribution is 9.09. The average molecular weight is 242 g/mol. The molecule has 0 spiro atoms. The molecule has 1 saturated heterocycles. The van der Waals surface area contributed by atoms with E-state index in [2.05, 4.69) is 15.9 Å². The van der Waals surface area contributed by atoms with E-state index in [1.807, 2.05) is 11.8 Å². The molecule has 0 amide bonds. The second kappa shape index (κ2) is 4.51. The lowest BCUT2D eigenvalue weighted by molar-refractivity contribution is 0.0821. The quantitative estimate of drug-likeness (QED) is 0.686. The number of alkyl halides is 3. The van der Waals surface area contributed by atoms with Crippen molar-refractivity contribution in [2.45, 2.75) is 25.8 Å². The van der Waals surface area contributed by atoms with Gasteiger partial charge in [-0.2, -0.15) is 0 Å². The summed E-state index contributed by atoms with van der Waals surface area (Å²) in [5.41, 5.74) is 0. The molecular formula is C8H14BrF2N. The van der Waals surface area contributed by atoms with Crippen molar-refractivity contribution in [3.63, 3.8) is 0 Å². The highest BCUT2D eigenvalue weighted by Crippen LogP contribution is 2.25. The molecular weight excluding hydrogens is 228 g/mol. The maximum Gasteiger partial charge on any atom is 0.251 e. The minimum absolute atomic E-state index is 0.0648. The monoisotopic (exact) mass is 241 g/mol. The van der Waals surface area contributed by atoms with Crippen LogP contribution in [0.2, 0.25) is 0 Å². The minimum atomic E-state index is -2.19. The fourth-order valence-electron chi connectivity index (χ4n) is 1.72. The summed E-state index contributed by atoms with van der Waals surface area (Å²) < 4.78 is 24.1. The van der Waals surface area contributed by atoms with Crippen molar-refractivity contribution in [3.8, 4) is 0 Å². The van der Waals surface area contributed by atoms with Crippen LogP contribution in [-0.2, 0) is 0 Å². The summed E-state index contributed by atoms with van der Waals surface area (Å²) in [6, 6.07) is 0.304. The first-order chi connectivity index (χ1) is 5.65. The largest absolute Gasteiger partial charge is 0.295 e. The lowest BCUT2D eigenvalue weighted by Crippen LogP contribution is -2.34. The van der Waals surface area contributed by atoms with Crippen LogP contribution in [-0.4, -0.2) is 35.8 Å². The Balaban J connectivity index is 2.38. The summed E-state index contributed by atoms with van der Waals surface area (Å²) in [6.45, 7) is 2.79. The second-order valence-electron chi connectivity index (χ2n) is 3.33. The number of halogens is 3. The zero-order chi connectivity index (χ0) is 9.14. The van der Waals surface area contributed by atoms with Crippen molar-refractivity contribution >= 4 is 15.9 Å². The Morgan fingerprint density at radius 3 is 2.67 bits per heavy atom. The van der Waals surface area contributed by atoms with Gasteiger partial charge in [-0.15, -0.1) is 0 Å². The smallest absolute Gasteiger partial charge is 0.251 e. The molecule has 72 valence electrons. The van der Waals surface area contributed by atoms with E-state index in [4.69, 9.17) is 0 Å². The highest BCUT2D eigenvalue weighted by atomic mass is 79.9. The molecule has 1 rings (SSSR count). The van der Waals surface area contributed by atoms with Gasteiger partial charge in [0.1, 0.15) is 0 Å². The molecule has 0 bridgehead atoms. The number of likely N-dealkylation sites (tertiary alicyclic amines) is 1. The summed E-state index contributed by atoms with van der Waals surface area (Å²) >= 11 is 3.40. The average Bonchev–Trinajstić information content (AvgIpc) is 2.32. The van der Waals surface area contributed by atoms with Gasteiger partial charge in [0, 0.05) is 11.4 Å². The van der Waals surface area contributed by atoms with Crippen LogP contribution in [0.3, 0.4) is 0 Å². The Labute approximate surface area is 80.2 Å². The summed E-state index contributed by atoms with van der Waals surface area (Å²) in [5, 5.41) is 0.925. The van der Waals surface area contributed by atoms with Crippen LogP contribution in [0, 0.1) is 5.92 Å². The highest BCUT2D eigenvalue weighted by Gasteiger charge is 2.30. The predicted octanol–water partition coefficient (Wildman–Crippen LogP) is 2.36. The van der Waals surface area contributed by atoms with E-state index in [9.17, 15) is 8.78 Å². The first kappa shape index (κ1) is 10.4. The Hall–Kier alpha value is 0.300. The first-order valence-corrected chi connectivity index (χ1v) is 5.35. The normalized spacial score (nSPS) is 31.8. The maximum absolute atomic E-state index is 12.0. The van der Waals surface area contributed by atoms with E-state index in [1.165, 1.54) is 0 Å². The van der Waals surface area contributed by atoms with Gasteiger partial charge >= 0.3 is 0 Å². The third-order valence-corrected chi connectivity index (χ3v) is 3.45. The van der Waals surface area contributed by atoms with Crippen LogP contribution < -0.4 is 0 Å². The zero-order valence-electron chi connectivity index (χ0n) is 7.14. The van der Waals surface area contributed by atoms with E-state index in [0.29, 0.717) is 12.0 Å². The van der Waals surface area contributed by atoms with Crippen molar-refractivity contribution in [1.82, 2.24) is 4.90 Å². The number of nitrogens with zero attached hydrogens (tertiary/aromatic N) is 1. The van der Waals surface area contributed by atoms with Gasteiger partial charge in [-0.25, -0.2) is 8.78 Å². The molecule has 0 aromatic carbocycles. The molecule has 0 N–H and O–H groups in total. The molecule has 0 radical (unpaired) electrons. The molecule has 0 saturated carbocycles. The maximum atomic E-state index is 12.0. The molecule has 2 atom stereocenters. The van der Waals surface area contributed by atoms with Crippen LogP contribution in [0.15, 0.2) is 0 Å². The second-order valence-corrected chi connectivity index (χ2v) is 3.98. The van der Waals surface area contributed by atoms with E-state index < -0.39 is 6.43 Å². The predicted molar refractivity (Wildman–Crippen MR) is 48.9 cm³/mol. The summed E-state index contributed by atoms with van der Waals surface area (Å²) in [5.74, 6) is 0.545. The molecule has 1 aliphatic rings. The standard InChI is InChI=1S/C8H14BrF2N/c1-6-7(4-9)2-3-12(6)5-8(10)11/h6-8H,2-5H2,1H3. The summed E-state index contributed by atoms with van der Waals surface area (Å²) in [6.07, 6.45) is -1.15. The zero-order valence-corrected chi connectivity index (χ0v) is 8.73. The fourth-order valence-corrected chi connectivity index (χ4v) is 2.58. The van der Waals surface area contributed by atoms with E-state index in [1.54, 1.807) is 0 Å². The van der Waals surface area contributed by atoms with E-state index in [0.717, 1.165) is 18.3 Å². The van der Waals surface area contributed by atoms with Gasteiger partial charge in [0.05, 0.1) is 6.54 Å². The van der Waals surface area contributed by atoms with Crippen molar-refractivity contribution in [3.05, 3.63) is 0 Å². The molecule has 0 aromatic rings. The van der Waals surface area contributed by atoms with Crippen LogP contribution in [0.4, 0.5) is 8.78 Å². The molecule has 1 fully saturated rings. The number of rotatable bonds is 3.